The van der Waals surface area contributed by atoms with Crippen LogP contribution in [0.2, 0.25) is 0 Å². The normalized spacial score (nSPS) is 17.2. The molecule has 3 aromatic rings. The van der Waals surface area contributed by atoms with E-state index in [1.54, 1.807) is 6.42 Å². The number of carbonyl (C=O) groups is 1. The zero-order valence-electron chi connectivity index (χ0n) is 15.6. The molecule has 139 valence electrons. The first-order valence-corrected chi connectivity index (χ1v) is 10.2. The highest BCUT2D eigenvalue weighted by Crippen LogP contribution is 2.35. The molecule has 1 N–H and O–H groups in total. The Morgan fingerprint density at radius 2 is 2.04 bits per heavy atom. The highest BCUT2D eigenvalue weighted by Gasteiger charge is 2.32. The Morgan fingerprint density at radius 3 is 2.81 bits per heavy atom. The number of carbonyl (C=O) groups excluding carboxylic acids is 1. The summed E-state index contributed by atoms with van der Waals surface area (Å²) in [5.74, 6) is 1.24. The SMILES string of the molecule is CC(C)[CH]C(=O)N1CCCC1c1ncc(-c2ccc(Br)c3ccccc23)[nH]1. The Morgan fingerprint density at radius 1 is 1.26 bits per heavy atom. The van der Waals surface area contributed by atoms with E-state index in [4.69, 9.17) is 0 Å². The quantitative estimate of drug-likeness (QED) is 0.599. The van der Waals surface area contributed by atoms with E-state index in [-0.39, 0.29) is 17.9 Å². The second-order valence-electron chi connectivity index (χ2n) is 7.42. The molecular formula is C22H23BrN3O. The van der Waals surface area contributed by atoms with Crippen molar-refractivity contribution in [3.8, 4) is 11.3 Å². The van der Waals surface area contributed by atoms with Crippen LogP contribution in [0, 0.1) is 12.3 Å². The summed E-state index contributed by atoms with van der Waals surface area (Å²) in [5.41, 5.74) is 2.11. The van der Waals surface area contributed by atoms with Crippen molar-refractivity contribution in [1.29, 1.82) is 0 Å². The van der Waals surface area contributed by atoms with Gasteiger partial charge in [-0.25, -0.2) is 4.98 Å². The molecule has 1 atom stereocenters. The Bertz CT molecular complexity index is 979. The first-order chi connectivity index (χ1) is 13.0. The summed E-state index contributed by atoms with van der Waals surface area (Å²) in [6.45, 7) is 4.86. The van der Waals surface area contributed by atoms with Gasteiger partial charge in [0.25, 0.3) is 0 Å². The zero-order chi connectivity index (χ0) is 19.0. The van der Waals surface area contributed by atoms with Crippen LogP contribution in [0.1, 0.15) is 38.6 Å². The second-order valence-corrected chi connectivity index (χ2v) is 8.28. The van der Waals surface area contributed by atoms with Gasteiger partial charge >= 0.3 is 0 Å². The van der Waals surface area contributed by atoms with Crippen LogP contribution in [-0.4, -0.2) is 27.3 Å². The topological polar surface area (TPSA) is 49.0 Å². The molecule has 1 saturated heterocycles. The van der Waals surface area contributed by atoms with E-state index >= 15 is 0 Å². The van der Waals surface area contributed by atoms with Gasteiger partial charge in [0.1, 0.15) is 5.82 Å². The molecule has 1 fully saturated rings. The van der Waals surface area contributed by atoms with Crippen LogP contribution in [0.25, 0.3) is 22.0 Å². The molecule has 5 heteroatoms. The number of likely N-dealkylation sites (tertiary alicyclic amines) is 1. The number of hydrogen-bond donors (Lipinski definition) is 1. The summed E-state index contributed by atoms with van der Waals surface area (Å²) < 4.78 is 1.08. The monoisotopic (exact) mass is 424 g/mol. The van der Waals surface area contributed by atoms with Crippen LogP contribution in [0.5, 0.6) is 0 Å². The van der Waals surface area contributed by atoms with Gasteiger partial charge in [0.05, 0.1) is 24.4 Å². The lowest BCUT2D eigenvalue weighted by Crippen LogP contribution is -2.32. The number of fused-ring (bicyclic) bond motifs is 1. The maximum absolute atomic E-state index is 12.6. The third-order valence-electron chi connectivity index (χ3n) is 5.08. The van der Waals surface area contributed by atoms with Crippen molar-refractivity contribution >= 4 is 32.6 Å². The maximum atomic E-state index is 12.6. The lowest BCUT2D eigenvalue weighted by Gasteiger charge is -2.23. The minimum Gasteiger partial charge on any atom is -0.340 e. The van der Waals surface area contributed by atoms with Crippen molar-refractivity contribution in [3.05, 3.63) is 59.3 Å². The Balaban J connectivity index is 1.66. The lowest BCUT2D eigenvalue weighted by molar-refractivity contribution is -0.129. The molecule has 1 aliphatic rings. The van der Waals surface area contributed by atoms with Gasteiger partial charge in [0.2, 0.25) is 5.91 Å². The molecule has 1 amide bonds. The zero-order valence-corrected chi connectivity index (χ0v) is 17.2. The largest absolute Gasteiger partial charge is 0.340 e. The first-order valence-electron chi connectivity index (χ1n) is 9.42. The number of imidazole rings is 1. The fourth-order valence-electron chi connectivity index (χ4n) is 3.84. The number of H-pyrrole nitrogens is 1. The smallest absolute Gasteiger partial charge is 0.227 e. The van der Waals surface area contributed by atoms with E-state index in [1.807, 2.05) is 31.0 Å². The molecule has 0 aliphatic carbocycles. The number of aromatic amines is 1. The summed E-state index contributed by atoms with van der Waals surface area (Å²) in [7, 11) is 0. The molecule has 4 nitrogen and oxygen atoms in total. The summed E-state index contributed by atoms with van der Waals surface area (Å²) in [6.07, 6.45) is 5.65. The van der Waals surface area contributed by atoms with E-state index in [0.717, 1.165) is 40.9 Å². The average molecular weight is 425 g/mol. The molecule has 0 spiro atoms. The highest BCUT2D eigenvalue weighted by molar-refractivity contribution is 9.10. The van der Waals surface area contributed by atoms with Crippen LogP contribution in [-0.2, 0) is 4.79 Å². The molecule has 0 saturated carbocycles. The fraction of sp³-hybridized carbons (Fsp3) is 0.318. The number of nitrogens with zero attached hydrogens (tertiary/aromatic N) is 2. The standard InChI is InChI=1S/C22H23BrN3O/c1-14(2)12-21(27)26-11-5-8-20(26)22-24-13-19(25-22)17-9-10-18(23)16-7-4-3-6-15(16)17/h3-4,6-7,9-10,12-14,20H,5,8,11H2,1-2H3,(H,24,25). The highest BCUT2D eigenvalue weighted by atomic mass is 79.9. The summed E-state index contributed by atoms with van der Waals surface area (Å²) in [6, 6.07) is 12.5. The van der Waals surface area contributed by atoms with Crippen LogP contribution in [0.3, 0.4) is 0 Å². The average Bonchev–Trinajstić information content (AvgIpc) is 3.31. The van der Waals surface area contributed by atoms with Gasteiger partial charge in [-0.15, -0.1) is 0 Å². The summed E-state index contributed by atoms with van der Waals surface area (Å²) in [5, 5.41) is 2.35. The number of halogens is 1. The van der Waals surface area contributed by atoms with Crippen LogP contribution in [0.4, 0.5) is 0 Å². The number of amides is 1. The van der Waals surface area contributed by atoms with E-state index in [0.29, 0.717) is 0 Å². The van der Waals surface area contributed by atoms with E-state index in [2.05, 4.69) is 56.2 Å². The molecule has 1 aromatic heterocycles. The third-order valence-corrected chi connectivity index (χ3v) is 5.78. The molecule has 4 rings (SSSR count). The van der Waals surface area contributed by atoms with Gasteiger partial charge in [0, 0.05) is 16.6 Å². The lowest BCUT2D eigenvalue weighted by atomic mass is 10.0. The van der Waals surface area contributed by atoms with Crippen molar-refractivity contribution < 1.29 is 4.79 Å². The number of benzene rings is 2. The van der Waals surface area contributed by atoms with Crippen molar-refractivity contribution in [2.24, 2.45) is 5.92 Å². The van der Waals surface area contributed by atoms with Gasteiger partial charge in [0.15, 0.2) is 0 Å². The number of nitrogens with one attached hydrogen (secondary N) is 1. The summed E-state index contributed by atoms with van der Waals surface area (Å²) >= 11 is 3.63. The van der Waals surface area contributed by atoms with Crippen LogP contribution < -0.4 is 0 Å². The number of rotatable bonds is 4. The minimum absolute atomic E-state index is 0.0305. The van der Waals surface area contributed by atoms with E-state index in [9.17, 15) is 4.79 Å². The van der Waals surface area contributed by atoms with Crippen LogP contribution in [0.15, 0.2) is 47.1 Å². The van der Waals surface area contributed by atoms with Crippen molar-refractivity contribution in [2.75, 3.05) is 6.54 Å². The van der Waals surface area contributed by atoms with E-state index in [1.165, 1.54) is 10.8 Å². The van der Waals surface area contributed by atoms with Gasteiger partial charge in [-0.1, -0.05) is 60.1 Å². The van der Waals surface area contributed by atoms with Gasteiger partial charge in [-0.3, -0.25) is 4.79 Å². The third kappa shape index (κ3) is 3.53. The first kappa shape index (κ1) is 18.2. The molecular weight excluding hydrogens is 402 g/mol. The van der Waals surface area contributed by atoms with Crippen molar-refractivity contribution in [1.82, 2.24) is 14.9 Å². The van der Waals surface area contributed by atoms with Gasteiger partial charge in [-0.2, -0.15) is 0 Å². The Hall–Kier alpha value is -2.14. The number of aromatic nitrogens is 2. The van der Waals surface area contributed by atoms with Crippen molar-refractivity contribution in [3.63, 3.8) is 0 Å². The Labute approximate surface area is 168 Å². The molecule has 1 unspecified atom stereocenters. The van der Waals surface area contributed by atoms with Crippen LogP contribution >= 0.6 is 15.9 Å². The van der Waals surface area contributed by atoms with Crippen molar-refractivity contribution in [2.45, 2.75) is 32.7 Å². The minimum atomic E-state index is 0.0305. The van der Waals surface area contributed by atoms with Gasteiger partial charge < -0.3 is 9.88 Å². The second kappa shape index (κ2) is 7.47. The molecule has 27 heavy (non-hydrogen) atoms. The van der Waals surface area contributed by atoms with E-state index < -0.39 is 0 Å². The van der Waals surface area contributed by atoms with Gasteiger partial charge in [-0.05, 0) is 35.6 Å². The fourth-order valence-corrected chi connectivity index (χ4v) is 4.31. The number of hydrogen-bond acceptors (Lipinski definition) is 2. The molecule has 0 bridgehead atoms. The summed E-state index contributed by atoms with van der Waals surface area (Å²) in [4.78, 5) is 22.6. The predicted octanol–water partition coefficient (Wildman–Crippen LogP) is 5.52. The Kier molecular flexibility index (Phi) is 5.04. The predicted molar refractivity (Wildman–Crippen MR) is 112 cm³/mol. The molecule has 2 heterocycles. The molecule has 1 aliphatic heterocycles. The molecule has 1 radical (unpaired) electrons. The maximum Gasteiger partial charge on any atom is 0.227 e. The molecule has 2 aromatic carbocycles.